The highest BCUT2D eigenvalue weighted by Gasteiger charge is 2.42. The molecule has 11 heavy (non-hydrogen) atoms. The Kier molecular flexibility index (Phi) is 1.49. The molecule has 0 saturated heterocycles. The molecular weight excluding hydrogens is 134 g/mol. The third-order valence-corrected chi connectivity index (χ3v) is 3.25. The van der Waals surface area contributed by atoms with E-state index in [1.807, 2.05) is 0 Å². The van der Waals surface area contributed by atoms with Crippen molar-refractivity contribution >= 4 is 0 Å². The maximum Gasteiger partial charge on any atom is 0.0659 e. The van der Waals surface area contributed by atoms with Gasteiger partial charge < -0.3 is 0 Å². The molecule has 1 unspecified atom stereocenters. The lowest BCUT2D eigenvalue weighted by Crippen LogP contribution is -2.09. The molecule has 0 amide bonds. The molecular formula is C10H13N. The van der Waals surface area contributed by atoms with Gasteiger partial charge in [0, 0.05) is 0 Å². The van der Waals surface area contributed by atoms with E-state index in [1.165, 1.54) is 12.8 Å². The van der Waals surface area contributed by atoms with Gasteiger partial charge in [-0.05, 0) is 38.0 Å². The molecule has 0 radical (unpaired) electrons. The average molecular weight is 147 g/mol. The van der Waals surface area contributed by atoms with Crippen LogP contribution in [0, 0.1) is 29.1 Å². The van der Waals surface area contributed by atoms with Crippen LogP contribution in [0.1, 0.15) is 26.2 Å². The molecule has 2 rings (SSSR count). The SMILES string of the molecule is C/C=C1\C[C@H]2C[C@@H]1CC2C#N. The van der Waals surface area contributed by atoms with E-state index in [-0.39, 0.29) is 0 Å². The minimum Gasteiger partial charge on any atom is -0.198 e. The van der Waals surface area contributed by atoms with Crippen LogP contribution in [-0.4, -0.2) is 0 Å². The lowest BCUT2D eigenvalue weighted by atomic mass is 9.87. The molecule has 0 aromatic rings. The molecule has 3 atom stereocenters. The zero-order chi connectivity index (χ0) is 7.84. The Hall–Kier alpha value is -0.770. The molecule has 58 valence electrons. The fraction of sp³-hybridized carbons (Fsp3) is 0.700. The van der Waals surface area contributed by atoms with Crippen molar-refractivity contribution in [2.75, 3.05) is 0 Å². The van der Waals surface area contributed by atoms with Crippen molar-refractivity contribution in [1.29, 1.82) is 5.26 Å². The molecule has 2 aliphatic carbocycles. The quantitative estimate of drug-likeness (QED) is 0.483. The van der Waals surface area contributed by atoms with E-state index in [9.17, 15) is 0 Å². The van der Waals surface area contributed by atoms with Crippen molar-refractivity contribution in [3.8, 4) is 6.07 Å². The van der Waals surface area contributed by atoms with E-state index in [0.29, 0.717) is 11.8 Å². The molecule has 0 aromatic carbocycles. The fourth-order valence-corrected chi connectivity index (χ4v) is 2.63. The molecule has 0 heterocycles. The van der Waals surface area contributed by atoms with Gasteiger partial charge >= 0.3 is 0 Å². The summed E-state index contributed by atoms with van der Waals surface area (Å²) in [6.45, 7) is 2.12. The van der Waals surface area contributed by atoms with E-state index in [0.717, 1.165) is 12.3 Å². The first-order chi connectivity index (χ1) is 5.35. The Labute approximate surface area is 67.7 Å². The molecule has 2 aliphatic rings. The van der Waals surface area contributed by atoms with Crippen molar-refractivity contribution in [3.63, 3.8) is 0 Å². The van der Waals surface area contributed by atoms with Crippen LogP contribution in [-0.2, 0) is 0 Å². The molecule has 0 N–H and O–H groups in total. The Morgan fingerprint density at radius 1 is 1.55 bits per heavy atom. The number of hydrogen-bond donors (Lipinski definition) is 0. The first kappa shape index (κ1) is 6.91. The van der Waals surface area contributed by atoms with Gasteiger partial charge in [-0.3, -0.25) is 0 Å². The second-order valence-corrected chi connectivity index (χ2v) is 3.73. The minimum atomic E-state index is 0.378. The van der Waals surface area contributed by atoms with E-state index in [1.54, 1.807) is 5.57 Å². The molecule has 2 saturated carbocycles. The number of nitrogens with zero attached hydrogens (tertiary/aromatic N) is 1. The van der Waals surface area contributed by atoms with Gasteiger partial charge in [-0.1, -0.05) is 11.6 Å². The molecule has 0 spiro atoms. The number of nitriles is 1. The van der Waals surface area contributed by atoms with Crippen molar-refractivity contribution in [3.05, 3.63) is 11.6 Å². The Bertz CT molecular complexity index is 234. The summed E-state index contributed by atoms with van der Waals surface area (Å²) in [6.07, 6.45) is 5.89. The van der Waals surface area contributed by atoms with Crippen LogP contribution in [0.15, 0.2) is 11.6 Å². The zero-order valence-electron chi connectivity index (χ0n) is 6.88. The van der Waals surface area contributed by atoms with Gasteiger partial charge in [0.25, 0.3) is 0 Å². The topological polar surface area (TPSA) is 23.8 Å². The summed E-state index contributed by atoms with van der Waals surface area (Å²) in [5.41, 5.74) is 1.61. The molecule has 1 nitrogen and oxygen atoms in total. The first-order valence-electron chi connectivity index (χ1n) is 4.40. The van der Waals surface area contributed by atoms with E-state index in [4.69, 9.17) is 5.26 Å². The highest BCUT2D eigenvalue weighted by Crippen LogP contribution is 2.50. The van der Waals surface area contributed by atoms with Crippen LogP contribution in [0.5, 0.6) is 0 Å². The standard InChI is InChI=1S/C10H13N/c1-2-7-3-9-4-8(7)5-10(9)6-11/h2,8-10H,3-5H2,1H3/b7-2+/t8-,9+,10?/m1/s1. The normalized spacial score (nSPS) is 44.7. The maximum absolute atomic E-state index is 8.78. The lowest BCUT2D eigenvalue weighted by Gasteiger charge is -2.16. The summed E-state index contributed by atoms with van der Waals surface area (Å²) in [4.78, 5) is 0. The van der Waals surface area contributed by atoms with Crippen molar-refractivity contribution in [2.24, 2.45) is 17.8 Å². The fourth-order valence-electron chi connectivity index (χ4n) is 2.63. The first-order valence-corrected chi connectivity index (χ1v) is 4.40. The van der Waals surface area contributed by atoms with Gasteiger partial charge in [0.15, 0.2) is 0 Å². The summed E-state index contributed by atoms with van der Waals surface area (Å²) in [5, 5.41) is 8.78. The summed E-state index contributed by atoms with van der Waals surface area (Å²) in [7, 11) is 0. The van der Waals surface area contributed by atoms with Gasteiger partial charge in [-0.25, -0.2) is 0 Å². The summed E-state index contributed by atoms with van der Waals surface area (Å²) in [5.74, 6) is 1.86. The Balaban J connectivity index is 2.16. The van der Waals surface area contributed by atoms with Crippen LogP contribution in [0.2, 0.25) is 0 Å². The molecule has 0 aliphatic heterocycles. The number of fused-ring (bicyclic) bond motifs is 2. The zero-order valence-corrected chi connectivity index (χ0v) is 6.88. The Morgan fingerprint density at radius 2 is 2.36 bits per heavy atom. The second-order valence-electron chi connectivity index (χ2n) is 3.73. The van der Waals surface area contributed by atoms with Crippen molar-refractivity contribution < 1.29 is 0 Å². The van der Waals surface area contributed by atoms with Gasteiger partial charge in [0.2, 0.25) is 0 Å². The summed E-state index contributed by atoms with van der Waals surface area (Å²) in [6, 6.07) is 2.41. The predicted molar refractivity (Wildman–Crippen MR) is 43.7 cm³/mol. The van der Waals surface area contributed by atoms with E-state index in [2.05, 4.69) is 19.1 Å². The molecule has 2 bridgehead atoms. The summed E-state index contributed by atoms with van der Waals surface area (Å²) < 4.78 is 0. The van der Waals surface area contributed by atoms with Gasteiger partial charge in [-0.15, -0.1) is 0 Å². The smallest absolute Gasteiger partial charge is 0.0659 e. The number of rotatable bonds is 0. The van der Waals surface area contributed by atoms with Gasteiger partial charge in [0.1, 0.15) is 0 Å². The van der Waals surface area contributed by atoms with Gasteiger partial charge in [-0.2, -0.15) is 5.26 Å². The van der Waals surface area contributed by atoms with Crippen LogP contribution in [0.3, 0.4) is 0 Å². The highest BCUT2D eigenvalue weighted by atomic mass is 14.5. The number of allylic oxidation sites excluding steroid dienone is 2. The van der Waals surface area contributed by atoms with Crippen LogP contribution < -0.4 is 0 Å². The molecule has 0 aromatic heterocycles. The largest absolute Gasteiger partial charge is 0.198 e. The third-order valence-electron chi connectivity index (χ3n) is 3.25. The van der Waals surface area contributed by atoms with Crippen molar-refractivity contribution in [2.45, 2.75) is 26.2 Å². The Morgan fingerprint density at radius 3 is 2.82 bits per heavy atom. The van der Waals surface area contributed by atoms with Gasteiger partial charge in [0.05, 0.1) is 12.0 Å². The third kappa shape index (κ3) is 0.894. The van der Waals surface area contributed by atoms with Crippen LogP contribution in [0.25, 0.3) is 0 Å². The maximum atomic E-state index is 8.78. The van der Waals surface area contributed by atoms with Crippen molar-refractivity contribution in [1.82, 2.24) is 0 Å². The minimum absolute atomic E-state index is 0.378. The average Bonchev–Trinajstić information content (AvgIpc) is 2.60. The van der Waals surface area contributed by atoms with Crippen LogP contribution in [0.4, 0.5) is 0 Å². The second kappa shape index (κ2) is 2.37. The monoisotopic (exact) mass is 147 g/mol. The highest BCUT2D eigenvalue weighted by molar-refractivity contribution is 5.20. The lowest BCUT2D eigenvalue weighted by molar-refractivity contribution is 0.457. The predicted octanol–water partition coefficient (Wildman–Crippen LogP) is 2.50. The van der Waals surface area contributed by atoms with Crippen LogP contribution >= 0.6 is 0 Å². The summed E-state index contributed by atoms with van der Waals surface area (Å²) >= 11 is 0. The van der Waals surface area contributed by atoms with E-state index >= 15 is 0 Å². The molecule has 1 heteroatoms. The van der Waals surface area contributed by atoms with E-state index < -0.39 is 0 Å². The molecule has 2 fully saturated rings. The number of hydrogen-bond acceptors (Lipinski definition) is 1.